The quantitative estimate of drug-likeness (QED) is 0.288. The van der Waals surface area contributed by atoms with Gasteiger partial charge in [-0.15, -0.1) is 0 Å². The highest BCUT2D eigenvalue weighted by Crippen LogP contribution is 2.27. The maximum Gasteiger partial charge on any atom is 0.337 e. The van der Waals surface area contributed by atoms with Crippen LogP contribution in [0.4, 0.5) is 4.39 Å². The van der Waals surface area contributed by atoms with Crippen LogP contribution in [0, 0.1) is 17.1 Å². The van der Waals surface area contributed by atoms with Gasteiger partial charge in [-0.3, -0.25) is 0 Å². The number of halogens is 1. The number of fused-ring (bicyclic) bond motifs is 1. The number of esters is 1. The number of carbonyl (C=O) groups is 1. The molecular formula is C32H28FN5O5. The van der Waals surface area contributed by atoms with E-state index >= 15 is 0 Å². The molecule has 4 heterocycles. The summed E-state index contributed by atoms with van der Waals surface area (Å²) in [4.78, 5) is 23.2. The van der Waals surface area contributed by atoms with Gasteiger partial charge in [-0.05, 0) is 55.0 Å². The van der Waals surface area contributed by atoms with Crippen LogP contribution in [-0.2, 0) is 29.2 Å². The Bertz CT molecular complexity index is 1790. The maximum absolute atomic E-state index is 14.2. The van der Waals surface area contributed by atoms with Gasteiger partial charge in [0.15, 0.2) is 0 Å². The van der Waals surface area contributed by atoms with Crippen LogP contribution >= 0.6 is 0 Å². The molecule has 10 nitrogen and oxygen atoms in total. The van der Waals surface area contributed by atoms with Gasteiger partial charge in [-0.25, -0.2) is 19.2 Å². The van der Waals surface area contributed by atoms with E-state index in [9.17, 15) is 14.3 Å². The highest BCUT2D eigenvalue weighted by atomic mass is 19.1. The molecule has 6 rings (SSSR count). The number of allylic oxidation sites excluding steroid dienone is 2. The van der Waals surface area contributed by atoms with E-state index in [1.54, 1.807) is 53.6 Å². The lowest BCUT2D eigenvalue weighted by Crippen LogP contribution is -2.34. The predicted octanol–water partition coefficient (Wildman–Crippen LogP) is 4.33. The van der Waals surface area contributed by atoms with Gasteiger partial charge >= 0.3 is 5.97 Å². The van der Waals surface area contributed by atoms with E-state index < -0.39 is 18.0 Å². The van der Waals surface area contributed by atoms with Gasteiger partial charge in [-0.1, -0.05) is 12.1 Å². The molecule has 0 spiro atoms. The van der Waals surface area contributed by atoms with Crippen LogP contribution in [0.5, 0.6) is 5.88 Å². The van der Waals surface area contributed by atoms with E-state index in [1.807, 2.05) is 16.7 Å². The fourth-order valence-electron chi connectivity index (χ4n) is 4.97. The largest absolute Gasteiger partial charge is 0.473 e. The minimum absolute atomic E-state index is 0.0483. The Morgan fingerprint density at radius 2 is 2.07 bits per heavy atom. The van der Waals surface area contributed by atoms with Gasteiger partial charge in [0.1, 0.15) is 24.5 Å². The van der Waals surface area contributed by atoms with Crippen molar-refractivity contribution in [3.05, 3.63) is 107 Å². The number of carbonyl (C=O) groups excluding carboxylic acids is 1. The zero-order chi connectivity index (χ0) is 29.9. The van der Waals surface area contributed by atoms with E-state index in [1.165, 1.54) is 25.3 Å². The maximum atomic E-state index is 14.2. The van der Waals surface area contributed by atoms with E-state index in [0.717, 1.165) is 23.3 Å². The van der Waals surface area contributed by atoms with Crippen LogP contribution < -0.4 is 4.74 Å². The number of nitrogens with zero attached hydrogens (tertiary/aromatic N) is 5. The Kier molecular flexibility index (Phi) is 7.87. The highest BCUT2D eigenvalue weighted by molar-refractivity contribution is 5.93. The summed E-state index contributed by atoms with van der Waals surface area (Å²) in [6.07, 6.45) is 5.34. The Morgan fingerprint density at radius 3 is 2.79 bits per heavy atom. The highest BCUT2D eigenvalue weighted by Gasteiger charge is 2.25. The Hall–Kier alpha value is -5.05. The van der Waals surface area contributed by atoms with Gasteiger partial charge in [-0.2, -0.15) is 5.26 Å². The molecule has 2 aliphatic heterocycles. The van der Waals surface area contributed by atoms with Crippen molar-refractivity contribution >= 4 is 22.6 Å². The first-order valence-electron chi connectivity index (χ1n) is 13.7. The summed E-state index contributed by atoms with van der Waals surface area (Å²) in [7, 11) is 1.35. The van der Waals surface area contributed by atoms with Crippen molar-refractivity contribution in [1.29, 1.82) is 5.26 Å². The Morgan fingerprint density at radius 1 is 1.21 bits per heavy atom. The molecule has 4 aromatic rings. The first kappa shape index (κ1) is 28.1. The standard InChI is InChI=1S/C32H28FN5O5/c1-41-32(40)22-7-8-27-28(14-22)38(17-24-10-12-42-24)29(35-27)18-37-11-9-21(15-31(37)39)26-3-2-4-30(36-26)43-19-23-6-5-20(16-34)13-25(23)33/h2-9,11,13-15,24,31,39H,10,12,17-19H2,1H3/t24-,31?/m0/s1. The normalized spacial score (nSPS) is 17.7. The molecule has 0 radical (unpaired) electrons. The second kappa shape index (κ2) is 12.1. The molecule has 43 heavy (non-hydrogen) atoms. The minimum Gasteiger partial charge on any atom is -0.473 e. The lowest BCUT2D eigenvalue weighted by Gasteiger charge is -2.30. The summed E-state index contributed by atoms with van der Waals surface area (Å²) in [5, 5.41) is 20.0. The first-order chi connectivity index (χ1) is 20.9. The van der Waals surface area contributed by atoms with Crippen LogP contribution in [0.1, 0.15) is 39.4 Å². The van der Waals surface area contributed by atoms with Crippen molar-refractivity contribution in [2.24, 2.45) is 0 Å². The van der Waals surface area contributed by atoms with E-state index in [4.69, 9.17) is 24.5 Å². The lowest BCUT2D eigenvalue weighted by atomic mass is 10.1. The number of imidazole rings is 1. The fraction of sp³-hybridized carbons (Fsp3) is 0.250. The summed E-state index contributed by atoms with van der Waals surface area (Å²) in [6, 6.07) is 16.6. The second-order valence-electron chi connectivity index (χ2n) is 10.2. The van der Waals surface area contributed by atoms with Crippen LogP contribution in [0.25, 0.3) is 16.6 Å². The van der Waals surface area contributed by atoms with Crippen LogP contribution in [0.2, 0.25) is 0 Å². The summed E-state index contributed by atoms with van der Waals surface area (Å²) in [6.45, 7) is 1.55. The number of ether oxygens (including phenoxy) is 3. The monoisotopic (exact) mass is 581 g/mol. The molecule has 0 amide bonds. The van der Waals surface area contributed by atoms with Crippen molar-refractivity contribution in [1.82, 2.24) is 19.4 Å². The van der Waals surface area contributed by atoms with Gasteiger partial charge < -0.3 is 28.8 Å². The van der Waals surface area contributed by atoms with Crippen LogP contribution in [0.15, 0.2) is 72.9 Å². The molecule has 1 fully saturated rings. The molecule has 2 atom stereocenters. The molecule has 218 valence electrons. The van der Waals surface area contributed by atoms with Gasteiger partial charge in [0.2, 0.25) is 5.88 Å². The zero-order valence-corrected chi connectivity index (χ0v) is 23.3. The molecule has 0 bridgehead atoms. The molecule has 2 aromatic heterocycles. The second-order valence-corrected chi connectivity index (χ2v) is 10.2. The SMILES string of the molecule is COC(=O)c1ccc2nc(CN3C=CC(c4cccc(OCc5ccc(C#N)cc5F)n4)=CC3O)n(C[C@@H]3CCO3)c2c1. The summed E-state index contributed by atoms with van der Waals surface area (Å²) in [5.41, 5.74) is 3.78. The molecule has 1 saturated heterocycles. The number of rotatable bonds is 9. The fourth-order valence-corrected chi connectivity index (χ4v) is 4.97. The summed E-state index contributed by atoms with van der Waals surface area (Å²) >= 11 is 0. The molecule has 1 unspecified atom stereocenters. The van der Waals surface area contributed by atoms with Crippen LogP contribution in [-0.4, -0.2) is 56.6 Å². The molecule has 0 aliphatic carbocycles. The van der Waals surface area contributed by atoms with Crippen molar-refractivity contribution in [2.45, 2.75) is 38.4 Å². The number of nitriles is 1. The first-order valence-corrected chi connectivity index (χ1v) is 13.7. The topological polar surface area (TPSA) is 123 Å². The average molecular weight is 582 g/mol. The molecular weight excluding hydrogens is 553 g/mol. The number of aliphatic hydroxyl groups is 1. The average Bonchev–Trinajstić information content (AvgIpc) is 3.34. The molecule has 0 saturated carbocycles. The third-order valence-corrected chi connectivity index (χ3v) is 7.44. The minimum atomic E-state index is -0.960. The third kappa shape index (κ3) is 5.97. The number of pyridine rings is 1. The van der Waals surface area contributed by atoms with Crippen LogP contribution in [0.3, 0.4) is 0 Å². The lowest BCUT2D eigenvalue weighted by molar-refractivity contribution is -0.0593. The van der Waals surface area contributed by atoms with Gasteiger partial charge in [0, 0.05) is 30.0 Å². The zero-order valence-electron chi connectivity index (χ0n) is 23.3. The van der Waals surface area contributed by atoms with Gasteiger partial charge in [0.25, 0.3) is 0 Å². The summed E-state index contributed by atoms with van der Waals surface area (Å²) in [5.74, 6) is 0.0731. The Balaban J connectivity index is 1.18. The molecule has 11 heteroatoms. The summed E-state index contributed by atoms with van der Waals surface area (Å²) < 4.78 is 32.6. The number of aliphatic hydroxyl groups excluding tert-OH is 1. The van der Waals surface area contributed by atoms with Crippen molar-refractivity contribution in [3.8, 4) is 11.9 Å². The third-order valence-electron chi connectivity index (χ3n) is 7.44. The molecule has 2 aliphatic rings. The van der Waals surface area contributed by atoms with E-state index in [0.29, 0.717) is 48.0 Å². The Labute approximate surface area is 246 Å². The number of hydrogen-bond donors (Lipinski definition) is 1. The number of aromatic nitrogens is 3. The van der Waals surface area contributed by atoms with Crippen molar-refractivity contribution < 1.29 is 28.5 Å². The number of benzene rings is 2. The predicted molar refractivity (Wildman–Crippen MR) is 154 cm³/mol. The molecule has 2 aromatic carbocycles. The van der Waals surface area contributed by atoms with Crippen molar-refractivity contribution in [2.75, 3.05) is 13.7 Å². The van der Waals surface area contributed by atoms with Gasteiger partial charge in [0.05, 0.1) is 60.2 Å². The number of hydrogen-bond acceptors (Lipinski definition) is 9. The number of methoxy groups -OCH3 is 1. The smallest absolute Gasteiger partial charge is 0.337 e. The van der Waals surface area contributed by atoms with Crippen molar-refractivity contribution in [3.63, 3.8) is 0 Å². The van der Waals surface area contributed by atoms with E-state index in [-0.39, 0.29) is 18.3 Å². The molecule has 1 N–H and O–H groups in total. The van der Waals surface area contributed by atoms with E-state index in [2.05, 4.69) is 4.98 Å².